The highest BCUT2D eigenvalue weighted by Gasteiger charge is 2.40. The summed E-state index contributed by atoms with van der Waals surface area (Å²) in [5, 5.41) is 2.81. The summed E-state index contributed by atoms with van der Waals surface area (Å²) in [6.45, 7) is 7.14. The number of rotatable bonds is 8. The van der Waals surface area contributed by atoms with Crippen molar-refractivity contribution < 1.29 is 14.3 Å². The zero-order chi connectivity index (χ0) is 20.0. The zero-order valence-corrected chi connectivity index (χ0v) is 17.7. The number of urea groups is 1. The molecule has 1 heterocycles. The molecule has 2 rings (SSSR count). The maximum atomic E-state index is 12.8. The molecule has 0 aliphatic carbocycles. The first kappa shape index (κ1) is 21.4. The molecule has 6 nitrogen and oxygen atoms in total. The standard InChI is InChI=1S/C20H31N3O3S/c1-6-17-18(24)23(13-9-12-22(4)20(25)21-14(2)3)19(27-17)15-10-7-8-11-16(15)26-5/h7-8,10-11,14,17,19H,6,9,12-13H2,1-5H3,(H,21,25)/t17-,19-/m1/s1. The summed E-state index contributed by atoms with van der Waals surface area (Å²) >= 11 is 1.69. The van der Waals surface area contributed by atoms with Crippen LogP contribution < -0.4 is 10.1 Å². The Morgan fingerprint density at radius 2 is 2.07 bits per heavy atom. The summed E-state index contributed by atoms with van der Waals surface area (Å²) in [5.41, 5.74) is 1.03. The third kappa shape index (κ3) is 5.31. The maximum Gasteiger partial charge on any atom is 0.317 e. The lowest BCUT2D eigenvalue weighted by molar-refractivity contribution is -0.130. The van der Waals surface area contributed by atoms with Crippen molar-refractivity contribution in [3.63, 3.8) is 0 Å². The van der Waals surface area contributed by atoms with Gasteiger partial charge in [0.25, 0.3) is 0 Å². The molecule has 1 aromatic rings. The van der Waals surface area contributed by atoms with Crippen LogP contribution in [-0.2, 0) is 4.79 Å². The molecule has 0 bridgehead atoms. The van der Waals surface area contributed by atoms with Crippen LogP contribution in [0, 0.1) is 0 Å². The van der Waals surface area contributed by atoms with Crippen LogP contribution >= 0.6 is 11.8 Å². The van der Waals surface area contributed by atoms with Gasteiger partial charge in [0.2, 0.25) is 5.91 Å². The Bertz CT molecular complexity index is 653. The second-order valence-corrected chi connectivity index (χ2v) is 8.33. The van der Waals surface area contributed by atoms with Crippen molar-refractivity contribution in [3.05, 3.63) is 29.8 Å². The van der Waals surface area contributed by atoms with Gasteiger partial charge in [-0.15, -0.1) is 11.8 Å². The smallest absolute Gasteiger partial charge is 0.317 e. The number of thioether (sulfide) groups is 1. The van der Waals surface area contributed by atoms with Gasteiger partial charge in [0.1, 0.15) is 11.1 Å². The van der Waals surface area contributed by atoms with Crippen LogP contribution in [0.3, 0.4) is 0 Å². The summed E-state index contributed by atoms with van der Waals surface area (Å²) in [5.74, 6) is 0.977. The van der Waals surface area contributed by atoms with E-state index < -0.39 is 0 Å². The Kier molecular flexibility index (Phi) is 7.83. The lowest BCUT2D eigenvalue weighted by Crippen LogP contribution is -2.42. The Labute approximate surface area is 166 Å². The molecular formula is C20H31N3O3S. The van der Waals surface area contributed by atoms with Crippen molar-refractivity contribution in [1.82, 2.24) is 15.1 Å². The van der Waals surface area contributed by atoms with Crippen molar-refractivity contribution in [1.29, 1.82) is 0 Å². The van der Waals surface area contributed by atoms with Crippen LogP contribution in [0.15, 0.2) is 24.3 Å². The van der Waals surface area contributed by atoms with Crippen molar-refractivity contribution in [2.75, 3.05) is 27.2 Å². The van der Waals surface area contributed by atoms with Gasteiger partial charge in [-0.2, -0.15) is 0 Å². The first-order valence-electron chi connectivity index (χ1n) is 9.49. The van der Waals surface area contributed by atoms with Crippen LogP contribution in [0.4, 0.5) is 4.79 Å². The molecule has 1 saturated heterocycles. The summed E-state index contributed by atoms with van der Waals surface area (Å²) in [6, 6.07) is 7.90. The van der Waals surface area contributed by atoms with E-state index in [0.29, 0.717) is 13.1 Å². The van der Waals surface area contributed by atoms with Crippen molar-refractivity contribution in [2.45, 2.75) is 50.3 Å². The predicted octanol–water partition coefficient (Wildman–Crippen LogP) is 3.49. The summed E-state index contributed by atoms with van der Waals surface area (Å²) in [6.07, 6.45) is 1.54. The van der Waals surface area contributed by atoms with E-state index in [4.69, 9.17) is 4.74 Å². The fourth-order valence-corrected chi connectivity index (χ4v) is 4.59. The van der Waals surface area contributed by atoms with Crippen molar-refractivity contribution >= 4 is 23.7 Å². The third-order valence-electron chi connectivity index (χ3n) is 4.56. The maximum absolute atomic E-state index is 12.8. The SMILES string of the molecule is CC[C@H]1S[C@H](c2ccccc2OC)N(CCCN(C)C(=O)NC(C)C)C1=O. The van der Waals surface area contributed by atoms with Gasteiger partial charge in [0.15, 0.2) is 0 Å². The van der Waals surface area contributed by atoms with Crippen molar-refractivity contribution in [3.8, 4) is 5.75 Å². The summed E-state index contributed by atoms with van der Waals surface area (Å²) in [7, 11) is 3.44. The summed E-state index contributed by atoms with van der Waals surface area (Å²) < 4.78 is 5.51. The van der Waals surface area contributed by atoms with Gasteiger partial charge in [0, 0.05) is 31.7 Å². The molecule has 0 aromatic heterocycles. The number of hydrogen-bond donors (Lipinski definition) is 1. The van der Waals surface area contributed by atoms with E-state index in [1.807, 2.05) is 49.9 Å². The molecule has 1 aliphatic heterocycles. The van der Waals surface area contributed by atoms with Gasteiger partial charge in [-0.25, -0.2) is 4.79 Å². The fourth-order valence-electron chi connectivity index (χ4n) is 3.13. The van der Waals surface area contributed by atoms with Crippen molar-refractivity contribution in [2.24, 2.45) is 0 Å². The molecular weight excluding hydrogens is 362 g/mol. The Balaban J connectivity index is 2.05. The molecule has 2 atom stereocenters. The predicted molar refractivity (Wildman–Crippen MR) is 110 cm³/mol. The number of benzene rings is 1. The van der Waals surface area contributed by atoms with Crippen LogP contribution in [0.1, 0.15) is 44.6 Å². The fraction of sp³-hybridized carbons (Fsp3) is 0.600. The monoisotopic (exact) mass is 393 g/mol. The number of ether oxygens (including phenoxy) is 1. The topological polar surface area (TPSA) is 61.9 Å². The quantitative estimate of drug-likeness (QED) is 0.734. The van der Waals surface area contributed by atoms with E-state index in [-0.39, 0.29) is 28.6 Å². The lowest BCUT2D eigenvalue weighted by atomic mass is 10.1. The molecule has 0 spiro atoms. The van der Waals surface area contributed by atoms with Gasteiger partial charge in [-0.3, -0.25) is 4.79 Å². The van der Waals surface area contributed by atoms with E-state index >= 15 is 0 Å². The minimum absolute atomic E-state index is 0.0260. The summed E-state index contributed by atoms with van der Waals surface area (Å²) in [4.78, 5) is 28.5. The van der Waals surface area contributed by atoms with Gasteiger partial charge in [-0.1, -0.05) is 25.1 Å². The van der Waals surface area contributed by atoms with Gasteiger partial charge >= 0.3 is 6.03 Å². The highest BCUT2D eigenvalue weighted by atomic mass is 32.2. The Morgan fingerprint density at radius 1 is 1.37 bits per heavy atom. The molecule has 1 fully saturated rings. The molecule has 1 aliphatic rings. The minimum Gasteiger partial charge on any atom is -0.496 e. The van der Waals surface area contributed by atoms with Crippen LogP contribution in [0.25, 0.3) is 0 Å². The van der Waals surface area contributed by atoms with E-state index in [1.165, 1.54) is 0 Å². The molecule has 1 aromatic carbocycles. The average molecular weight is 394 g/mol. The van der Waals surface area contributed by atoms with Gasteiger partial charge < -0.3 is 19.9 Å². The highest BCUT2D eigenvalue weighted by Crippen LogP contribution is 2.46. The van der Waals surface area contributed by atoms with Crippen LogP contribution in [-0.4, -0.2) is 60.3 Å². The number of para-hydroxylation sites is 1. The zero-order valence-electron chi connectivity index (χ0n) is 16.9. The second-order valence-electron chi connectivity index (χ2n) is 7.04. The number of nitrogens with zero attached hydrogens (tertiary/aromatic N) is 2. The second kappa shape index (κ2) is 9.88. The molecule has 1 N–H and O–H groups in total. The molecule has 150 valence electrons. The number of methoxy groups -OCH3 is 1. The molecule has 0 unspecified atom stereocenters. The van der Waals surface area contributed by atoms with E-state index in [2.05, 4.69) is 5.32 Å². The van der Waals surface area contributed by atoms with Crippen LogP contribution in [0.2, 0.25) is 0 Å². The molecule has 0 saturated carbocycles. The lowest BCUT2D eigenvalue weighted by Gasteiger charge is -2.26. The normalized spacial score (nSPS) is 19.5. The number of nitrogens with one attached hydrogen (secondary N) is 1. The van der Waals surface area contributed by atoms with E-state index in [0.717, 1.165) is 24.2 Å². The molecule has 0 radical (unpaired) electrons. The number of carbonyl (C=O) groups is 2. The number of hydrogen-bond acceptors (Lipinski definition) is 4. The minimum atomic E-state index is -0.0835. The largest absolute Gasteiger partial charge is 0.496 e. The Morgan fingerprint density at radius 3 is 2.70 bits per heavy atom. The number of carbonyl (C=O) groups excluding carboxylic acids is 2. The van der Waals surface area contributed by atoms with Gasteiger partial charge in [-0.05, 0) is 32.8 Å². The molecule has 7 heteroatoms. The Hall–Kier alpha value is -1.89. The first-order chi connectivity index (χ1) is 12.9. The third-order valence-corrected chi connectivity index (χ3v) is 6.19. The van der Waals surface area contributed by atoms with E-state index in [1.54, 1.807) is 30.8 Å². The van der Waals surface area contributed by atoms with E-state index in [9.17, 15) is 9.59 Å². The highest BCUT2D eigenvalue weighted by molar-refractivity contribution is 8.01. The first-order valence-corrected chi connectivity index (χ1v) is 10.4. The van der Waals surface area contributed by atoms with Gasteiger partial charge in [0.05, 0.1) is 12.4 Å². The number of amides is 3. The van der Waals surface area contributed by atoms with Crippen LogP contribution in [0.5, 0.6) is 5.75 Å². The average Bonchev–Trinajstić information content (AvgIpc) is 2.96. The molecule has 3 amide bonds. The molecule has 27 heavy (non-hydrogen) atoms.